The minimum Gasteiger partial charge on any atom is -0.336 e. The molecule has 8 heteroatoms. The number of carbonyl (C=O) groups is 3. The average molecular weight is 467 g/mol. The van der Waals surface area contributed by atoms with Gasteiger partial charge in [-0.3, -0.25) is 19.3 Å². The van der Waals surface area contributed by atoms with Gasteiger partial charge in [-0.05, 0) is 61.2 Å². The number of halogens is 1. The van der Waals surface area contributed by atoms with Gasteiger partial charge in [-0.2, -0.15) is 0 Å². The van der Waals surface area contributed by atoms with Crippen molar-refractivity contribution in [1.82, 2.24) is 9.80 Å². The van der Waals surface area contributed by atoms with Crippen LogP contribution in [0.4, 0.5) is 15.8 Å². The molecule has 1 aliphatic heterocycles. The molecular weight excluding hydrogens is 435 g/mol. The monoisotopic (exact) mass is 466 g/mol. The van der Waals surface area contributed by atoms with Gasteiger partial charge < -0.3 is 15.5 Å². The van der Waals surface area contributed by atoms with Gasteiger partial charge in [-0.1, -0.05) is 18.9 Å². The molecule has 2 aliphatic rings. The summed E-state index contributed by atoms with van der Waals surface area (Å²) in [6, 6.07) is 12.6. The van der Waals surface area contributed by atoms with Gasteiger partial charge in [0, 0.05) is 50.0 Å². The molecule has 2 N–H and O–H groups in total. The highest BCUT2D eigenvalue weighted by Crippen LogP contribution is 2.32. The fourth-order valence-electron chi connectivity index (χ4n) is 5.01. The van der Waals surface area contributed by atoms with Crippen molar-refractivity contribution in [1.29, 1.82) is 0 Å². The van der Waals surface area contributed by atoms with Gasteiger partial charge >= 0.3 is 0 Å². The molecule has 180 valence electrons. The summed E-state index contributed by atoms with van der Waals surface area (Å²) in [7, 11) is 0. The van der Waals surface area contributed by atoms with Crippen molar-refractivity contribution in [3.63, 3.8) is 0 Å². The molecule has 2 aromatic carbocycles. The van der Waals surface area contributed by atoms with Gasteiger partial charge in [0.2, 0.25) is 11.8 Å². The third-order valence-electron chi connectivity index (χ3n) is 6.65. The SMILES string of the molecule is CC(=O)Nc1ccc(NC(=O)C(C2CCCC2)N2CCN(C(=O)c3cccc(F)c3)CC2)cc1. The number of anilines is 2. The normalized spacial score (nSPS) is 17.9. The van der Waals surface area contributed by atoms with E-state index in [1.165, 1.54) is 19.1 Å². The summed E-state index contributed by atoms with van der Waals surface area (Å²) in [5, 5.41) is 5.77. The Balaban J connectivity index is 1.41. The lowest BCUT2D eigenvalue weighted by Gasteiger charge is -2.40. The van der Waals surface area contributed by atoms with E-state index in [9.17, 15) is 18.8 Å². The molecule has 0 aromatic heterocycles. The lowest BCUT2D eigenvalue weighted by molar-refractivity contribution is -0.124. The van der Waals surface area contributed by atoms with Gasteiger partial charge in [0.1, 0.15) is 5.82 Å². The molecule has 0 bridgehead atoms. The summed E-state index contributed by atoms with van der Waals surface area (Å²) < 4.78 is 13.5. The Morgan fingerprint density at radius 1 is 0.912 bits per heavy atom. The van der Waals surface area contributed by atoms with E-state index < -0.39 is 5.82 Å². The zero-order chi connectivity index (χ0) is 24.1. The quantitative estimate of drug-likeness (QED) is 0.680. The molecule has 3 amide bonds. The molecule has 0 spiro atoms. The predicted octanol–water partition coefficient (Wildman–Crippen LogP) is 3.74. The minimum atomic E-state index is -0.424. The molecule has 0 radical (unpaired) electrons. The number of hydrogen-bond donors (Lipinski definition) is 2. The van der Waals surface area contributed by atoms with Crippen LogP contribution < -0.4 is 10.6 Å². The molecule has 4 rings (SSSR count). The van der Waals surface area contributed by atoms with Crippen LogP contribution in [0.5, 0.6) is 0 Å². The second-order valence-corrected chi connectivity index (χ2v) is 9.08. The fourth-order valence-corrected chi connectivity index (χ4v) is 5.01. The molecule has 1 saturated carbocycles. The Labute approximate surface area is 199 Å². The van der Waals surface area contributed by atoms with Crippen molar-refractivity contribution in [2.75, 3.05) is 36.8 Å². The molecule has 7 nitrogen and oxygen atoms in total. The standard InChI is InChI=1S/C26H31FN4O3/c1-18(32)28-22-9-11-23(12-10-22)29-25(33)24(19-5-2-3-6-19)30-13-15-31(16-14-30)26(34)20-7-4-8-21(27)17-20/h4,7-12,17,19,24H,2-3,5-6,13-16H2,1H3,(H,28,32)(H,29,33). The number of hydrogen-bond acceptors (Lipinski definition) is 4. The Morgan fingerprint density at radius 3 is 2.12 bits per heavy atom. The minimum absolute atomic E-state index is 0.0379. The van der Waals surface area contributed by atoms with E-state index in [4.69, 9.17) is 0 Å². The van der Waals surface area contributed by atoms with Crippen molar-refractivity contribution in [2.45, 2.75) is 38.6 Å². The molecule has 34 heavy (non-hydrogen) atoms. The molecule has 1 heterocycles. The zero-order valence-electron chi connectivity index (χ0n) is 19.4. The molecule has 1 saturated heterocycles. The highest BCUT2D eigenvalue weighted by atomic mass is 19.1. The van der Waals surface area contributed by atoms with Gasteiger partial charge in [0.15, 0.2) is 0 Å². The van der Waals surface area contributed by atoms with Crippen LogP contribution in [0.15, 0.2) is 48.5 Å². The van der Waals surface area contributed by atoms with Crippen molar-refractivity contribution in [3.8, 4) is 0 Å². The lowest BCUT2D eigenvalue weighted by Crippen LogP contribution is -2.56. The summed E-state index contributed by atoms with van der Waals surface area (Å²) in [6.07, 6.45) is 4.28. The Hall–Kier alpha value is -3.26. The number of benzene rings is 2. The smallest absolute Gasteiger partial charge is 0.254 e. The lowest BCUT2D eigenvalue weighted by atomic mass is 9.94. The molecular formula is C26H31FN4O3. The van der Waals surface area contributed by atoms with Gasteiger partial charge in [-0.25, -0.2) is 4.39 Å². The van der Waals surface area contributed by atoms with E-state index in [1.807, 2.05) is 0 Å². The van der Waals surface area contributed by atoms with Crippen LogP contribution in [-0.2, 0) is 9.59 Å². The third kappa shape index (κ3) is 5.80. The van der Waals surface area contributed by atoms with E-state index in [0.29, 0.717) is 43.1 Å². The van der Waals surface area contributed by atoms with Crippen LogP contribution in [0.2, 0.25) is 0 Å². The number of rotatable bonds is 6. The Morgan fingerprint density at radius 2 is 1.53 bits per heavy atom. The molecule has 1 unspecified atom stereocenters. The van der Waals surface area contributed by atoms with E-state index >= 15 is 0 Å². The van der Waals surface area contributed by atoms with E-state index in [2.05, 4.69) is 15.5 Å². The first-order valence-corrected chi connectivity index (χ1v) is 11.9. The van der Waals surface area contributed by atoms with Crippen LogP contribution in [0.1, 0.15) is 43.0 Å². The largest absolute Gasteiger partial charge is 0.336 e. The first-order valence-electron chi connectivity index (χ1n) is 11.9. The maximum absolute atomic E-state index is 13.5. The molecule has 1 aliphatic carbocycles. The number of nitrogens with zero attached hydrogens (tertiary/aromatic N) is 2. The topological polar surface area (TPSA) is 81.8 Å². The molecule has 2 fully saturated rings. The van der Waals surface area contributed by atoms with Crippen LogP contribution in [0, 0.1) is 11.7 Å². The first kappa shape index (κ1) is 23.9. The van der Waals surface area contributed by atoms with Gasteiger partial charge in [0.05, 0.1) is 6.04 Å². The van der Waals surface area contributed by atoms with Crippen molar-refractivity contribution < 1.29 is 18.8 Å². The predicted molar refractivity (Wildman–Crippen MR) is 129 cm³/mol. The number of nitrogens with one attached hydrogen (secondary N) is 2. The van der Waals surface area contributed by atoms with E-state index in [1.54, 1.807) is 41.3 Å². The molecule has 2 aromatic rings. The Bertz CT molecular complexity index is 1030. The maximum Gasteiger partial charge on any atom is 0.254 e. The highest BCUT2D eigenvalue weighted by Gasteiger charge is 2.37. The summed E-state index contributed by atoms with van der Waals surface area (Å²) in [6.45, 7) is 3.63. The maximum atomic E-state index is 13.5. The van der Waals surface area contributed by atoms with Crippen LogP contribution in [0.3, 0.4) is 0 Å². The average Bonchev–Trinajstić information content (AvgIpc) is 3.34. The summed E-state index contributed by atoms with van der Waals surface area (Å²) in [4.78, 5) is 41.3. The first-order chi connectivity index (χ1) is 16.4. The van der Waals surface area contributed by atoms with Crippen molar-refractivity contribution in [3.05, 3.63) is 59.9 Å². The second-order valence-electron chi connectivity index (χ2n) is 9.08. The fraction of sp³-hybridized carbons (Fsp3) is 0.423. The van der Waals surface area contributed by atoms with Crippen molar-refractivity contribution >= 4 is 29.1 Å². The van der Waals surface area contributed by atoms with Crippen molar-refractivity contribution in [2.24, 2.45) is 5.92 Å². The third-order valence-corrected chi connectivity index (χ3v) is 6.65. The van der Waals surface area contributed by atoms with Crippen LogP contribution in [0.25, 0.3) is 0 Å². The van der Waals surface area contributed by atoms with Gasteiger partial charge in [-0.15, -0.1) is 0 Å². The zero-order valence-corrected chi connectivity index (χ0v) is 19.4. The highest BCUT2D eigenvalue weighted by molar-refractivity contribution is 5.96. The van der Waals surface area contributed by atoms with Crippen LogP contribution >= 0.6 is 0 Å². The van der Waals surface area contributed by atoms with E-state index in [-0.39, 0.29) is 29.7 Å². The Kier molecular flexibility index (Phi) is 7.57. The van der Waals surface area contributed by atoms with E-state index in [0.717, 1.165) is 25.7 Å². The van der Waals surface area contributed by atoms with Crippen LogP contribution in [-0.4, -0.2) is 59.7 Å². The number of amides is 3. The molecule has 1 atom stereocenters. The second kappa shape index (κ2) is 10.8. The summed E-state index contributed by atoms with van der Waals surface area (Å²) in [5.41, 5.74) is 1.71. The number of piperazine rings is 1. The summed E-state index contributed by atoms with van der Waals surface area (Å²) >= 11 is 0. The van der Waals surface area contributed by atoms with Gasteiger partial charge in [0.25, 0.3) is 5.91 Å². The number of carbonyl (C=O) groups excluding carboxylic acids is 3. The summed E-state index contributed by atoms with van der Waals surface area (Å²) in [5.74, 6) is -0.505.